The molecule has 25 heavy (non-hydrogen) atoms. The van der Waals surface area contributed by atoms with E-state index in [0.29, 0.717) is 18.1 Å². The van der Waals surface area contributed by atoms with Crippen LogP contribution < -0.4 is 4.90 Å². The number of hydrogen-bond acceptors (Lipinski definition) is 5. The third kappa shape index (κ3) is 4.64. The first kappa shape index (κ1) is 18.1. The molecule has 1 aromatic heterocycles. The van der Waals surface area contributed by atoms with Crippen LogP contribution in [0.25, 0.3) is 0 Å². The highest BCUT2D eigenvalue weighted by Gasteiger charge is 2.16. The van der Waals surface area contributed by atoms with Crippen LogP contribution in [0, 0.1) is 0 Å². The van der Waals surface area contributed by atoms with Gasteiger partial charge in [-0.15, -0.1) is 0 Å². The van der Waals surface area contributed by atoms with E-state index in [9.17, 15) is 4.79 Å². The Hall–Kier alpha value is -3.21. The fourth-order valence-electron chi connectivity index (χ4n) is 2.21. The number of esters is 1. The average molecular weight is 335 g/mol. The van der Waals surface area contributed by atoms with E-state index >= 15 is 0 Å². The Morgan fingerprint density at radius 3 is 2.48 bits per heavy atom. The van der Waals surface area contributed by atoms with Gasteiger partial charge < -0.3 is 4.74 Å². The van der Waals surface area contributed by atoms with Gasteiger partial charge in [-0.25, -0.2) is 14.8 Å². The predicted octanol–water partition coefficient (Wildman–Crippen LogP) is 4.44. The topological polar surface area (TPSA) is 55.3 Å². The summed E-state index contributed by atoms with van der Waals surface area (Å²) >= 11 is 0. The van der Waals surface area contributed by atoms with Crippen LogP contribution in [0.4, 0.5) is 11.6 Å². The van der Waals surface area contributed by atoms with Crippen molar-refractivity contribution in [3.63, 3.8) is 0 Å². The molecule has 0 amide bonds. The zero-order valence-corrected chi connectivity index (χ0v) is 14.4. The monoisotopic (exact) mass is 335 g/mol. The molecule has 0 spiro atoms. The van der Waals surface area contributed by atoms with Crippen molar-refractivity contribution in [3.8, 4) is 0 Å². The number of carbonyl (C=O) groups is 1. The minimum Gasteiger partial charge on any atom is -0.462 e. The van der Waals surface area contributed by atoms with Crippen LogP contribution in [0.5, 0.6) is 0 Å². The number of allylic oxidation sites excluding steroid dienone is 4. The lowest BCUT2D eigenvalue weighted by atomic mass is 10.2. The average Bonchev–Trinajstić information content (AvgIpc) is 2.64. The van der Waals surface area contributed by atoms with E-state index in [0.717, 1.165) is 11.4 Å². The van der Waals surface area contributed by atoms with Crippen molar-refractivity contribution < 1.29 is 9.53 Å². The van der Waals surface area contributed by atoms with Gasteiger partial charge in [0.1, 0.15) is 0 Å². The Kier molecular flexibility index (Phi) is 6.65. The molecule has 0 saturated carbocycles. The lowest BCUT2D eigenvalue weighted by molar-refractivity contribution is 0.0525. The van der Waals surface area contributed by atoms with Gasteiger partial charge in [-0.1, -0.05) is 36.9 Å². The van der Waals surface area contributed by atoms with Crippen LogP contribution in [0.15, 0.2) is 79.3 Å². The zero-order chi connectivity index (χ0) is 18.1. The molecule has 0 bridgehead atoms. The van der Waals surface area contributed by atoms with Crippen LogP contribution in [0.1, 0.15) is 24.2 Å². The van der Waals surface area contributed by atoms with Crippen molar-refractivity contribution in [2.24, 2.45) is 0 Å². The number of hydrogen-bond donors (Lipinski definition) is 0. The SMILES string of the molecule is C=CC=C(C=CC)N(c1ccccc1)c1ncc(C(=O)OCC)cn1. The molecule has 0 unspecified atom stereocenters. The summed E-state index contributed by atoms with van der Waals surface area (Å²) in [6, 6.07) is 9.75. The Bertz CT molecular complexity index is 765. The molecule has 0 aliphatic heterocycles. The highest BCUT2D eigenvalue weighted by atomic mass is 16.5. The van der Waals surface area contributed by atoms with Crippen molar-refractivity contribution in [3.05, 3.63) is 84.9 Å². The predicted molar refractivity (Wildman–Crippen MR) is 99.7 cm³/mol. The molecule has 0 N–H and O–H groups in total. The van der Waals surface area contributed by atoms with Crippen molar-refractivity contribution in [1.29, 1.82) is 0 Å². The fraction of sp³-hybridized carbons (Fsp3) is 0.150. The second-order valence-electron chi connectivity index (χ2n) is 4.99. The summed E-state index contributed by atoms with van der Waals surface area (Å²) in [5.41, 5.74) is 2.07. The molecule has 1 aromatic carbocycles. The third-order valence-corrected chi connectivity index (χ3v) is 3.25. The van der Waals surface area contributed by atoms with Crippen LogP contribution in [-0.4, -0.2) is 22.5 Å². The Labute approximate surface area is 148 Å². The smallest absolute Gasteiger partial charge is 0.341 e. The number of anilines is 2. The fourth-order valence-corrected chi connectivity index (χ4v) is 2.21. The van der Waals surface area contributed by atoms with Gasteiger partial charge in [0, 0.05) is 23.8 Å². The van der Waals surface area contributed by atoms with Crippen LogP contribution in [0.2, 0.25) is 0 Å². The first-order valence-corrected chi connectivity index (χ1v) is 8.01. The maximum absolute atomic E-state index is 11.8. The van der Waals surface area contributed by atoms with E-state index in [2.05, 4.69) is 16.5 Å². The third-order valence-electron chi connectivity index (χ3n) is 3.25. The standard InChI is InChI=1S/C20H21N3O2/c1-4-10-17(11-5-2)23(18-12-8-7-9-13-18)20-21-14-16(15-22-20)19(24)25-6-3/h4-5,7-15H,1,6H2,2-3H3. The summed E-state index contributed by atoms with van der Waals surface area (Å²) in [6.45, 7) is 7.77. The maximum atomic E-state index is 11.8. The highest BCUT2D eigenvalue weighted by Crippen LogP contribution is 2.27. The van der Waals surface area contributed by atoms with Gasteiger partial charge in [0.05, 0.1) is 12.2 Å². The molecule has 5 heteroatoms. The summed E-state index contributed by atoms with van der Waals surface area (Å²) in [7, 11) is 0. The largest absolute Gasteiger partial charge is 0.462 e. The quantitative estimate of drug-likeness (QED) is 0.553. The first-order valence-electron chi connectivity index (χ1n) is 8.01. The normalized spacial score (nSPS) is 11.4. The Morgan fingerprint density at radius 1 is 1.24 bits per heavy atom. The van der Waals surface area contributed by atoms with Crippen LogP contribution in [-0.2, 0) is 4.74 Å². The Balaban J connectivity index is 2.47. The van der Waals surface area contributed by atoms with Crippen molar-refractivity contribution >= 4 is 17.6 Å². The molecule has 5 nitrogen and oxygen atoms in total. The van der Waals surface area contributed by atoms with Gasteiger partial charge in [-0.05, 0) is 38.1 Å². The number of benzene rings is 1. The molecule has 2 aromatic rings. The molecule has 0 saturated heterocycles. The van der Waals surface area contributed by atoms with Gasteiger partial charge in [-0.3, -0.25) is 4.90 Å². The Morgan fingerprint density at radius 2 is 1.92 bits per heavy atom. The number of carbonyl (C=O) groups excluding carboxylic acids is 1. The van der Waals surface area contributed by atoms with Gasteiger partial charge in [0.2, 0.25) is 5.95 Å². The van der Waals surface area contributed by atoms with E-state index in [1.54, 1.807) is 13.0 Å². The molecule has 2 rings (SSSR count). The number of ether oxygens (including phenoxy) is 1. The summed E-state index contributed by atoms with van der Waals surface area (Å²) in [4.78, 5) is 22.4. The van der Waals surface area contributed by atoms with E-state index < -0.39 is 5.97 Å². The van der Waals surface area contributed by atoms with E-state index in [1.807, 2.05) is 60.4 Å². The number of rotatable bonds is 7. The highest BCUT2D eigenvalue weighted by molar-refractivity contribution is 5.88. The second-order valence-corrected chi connectivity index (χ2v) is 4.99. The van der Waals surface area contributed by atoms with E-state index in [-0.39, 0.29) is 0 Å². The summed E-state index contributed by atoms with van der Waals surface area (Å²) < 4.78 is 4.97. The lowest BCUT2D eigenvalue weighted by Crippen LogP contribution is -2.18. The van der Waals surface area contributed by atoms with Crippen LogP contribution >= 0.6 is 0 Å². The lowest BCUT2D eigenvalue weighted by Gasteiger charge is -2.23. The number of nitrogens with zero attached hydrogens (tertiary/aromatic N) is 3. The van der Waals surface area contributed by atoms with Gasteiger partial charge in [0.15, 0.2) is 0 Å². The van der Waals surface area contributed by atoms with Crippen molar-refractivity contribution in [2.45, 2.75) is 13.8 Å². The molecular weight excluding hydrogens is 314 g/mol. The molecule has 0 radical (unpaired) electrons. The summed E-state index contributed by atoms with van der Waals surface area (Å²) in [6.07, 6.45) is 10.4. The van der Waals surface area contributed by atoms with Crippen molar-refractivity contribution in [2.75, 3.05) is 11.5 Å². The molecule has 0 fully saturated rings. The molecular formula is C20H21N3O2. The van der Waals surface area contributed by atoms with Crippen molar-refractivity contribution in [1.82, 2.24) is 9.97 Å². The zero-order valence-electron chi connectivity index (χ0n) is 14.4. The number of aromatic nitrogens is 2. The van der Waals surface area contributed by atoms with Gasteiger partial charge >= 0.3 is 5.97 Å². The maximum Gasteiger partial charge on any atom is 0.341 e. The van der Waals surface area contributed by atoms with Crippen LogP contribution in [0.3, 0.4) is 0 Å². The second kappa shape index (κ2) is 9.17. The molecule has 128 valence electrons. The van der Waals surface area contributed by atoms with Gasteiger partial charge in [0.25, 0.3) is 0 Å². The molecule has 0 aliphatic rings. The molecule has 0 atom stereocenters. The summed E-state index contributed by atoms with van der Waals surface area (Å²) in [5.74, 6) is 0.0149. The first-order chi connectivity index (χ1) is 12.2. The molecule has 0 aliphatic carbocycles. The van der Waals surface area contributed by atoms with E-state index in [4.69, 9.17) is 4.74 Å². The molecule has 1 heterocycles. The summed E-state index contributed by atoms with van der Waals surface area (Å²) in [5, 5.41) is 0. The minimum absolute atomic E-state index is 0.310. The number of para-hydroxylation sites is 1. The van der Waals surface area contributed by atoms with E-state index in [1.165, 1.54) is 12.4 Å². The van der Waals surface area contributed by atoms with Gasteiger partial charge in [-0.2, -0.15) is 0 Å². The minimum atomic E-state index is -0.435.